The zero-order valence-electron chi connectivity index (χ0n) is 12.6. The average Bonchev–Trinajstić information content (AvgIpc) is 3.17. The van der Waals surface area contributed by atoms with Gasteiger partial charge in [0.25, 0.3) is 0 Å². The molecule has 0 unspecified atom stereocenters. The van der Waals surface area contributed by atoms with Gasteiger partial charge in [0, 0.05) is 4.88 Å². The van der Waals surface area contributed by atoms with Gasteiger partial charge in [0.2, 0.25) is 0 Å². The van der Waals surface area contributed by atoms with Crippen LogP contribution in [0.15, 0.2) is 96.4 Å². The lowest BCUT2D eigenvalue weighted by Crippen LogP contribution is -1.85. The molecule has 110 valence electrons. The summed E-state index contributed by atoms with van der Waals surface area (Å²) in [6.45, 7) is 0. The SMILES string of the molecule is c1ccc(-c2ccccc2-c2ccc(-c3cccs3)cc2)cc1. The summed E-state index contributed by atoms with van der Waals surface area (Å²) in [5, 5.41) is 2.12. The lowest BCUT2D eigenvalue weighted by Gasteiger charge is -2.10. The minimum Gasteiger partial charge on any atom is -0.144 e. The molecule has 1 heteroatoms. The second-order valence-corrected chi connectivity index (χ2v) is 6.41. The second kappa shape index (κ2) is 6.23. The first kappa shape index (κ1) is 14.0. The van der Waals surface area contributed by atoms with Crippen LogP contribution in [-0.4, -0.2) is 0 Å². The van der Waals surface area contributed by atoms with Crippen molar-refractivity contribution in [2.45, 2.75) is 0 Å². The van der Waals surface area contributed by atoms with Gasteiger partial charge in [0.15, 0.2) is 0 Å². The van der Waals surface area contributed by atoms with E-state index >= 15 is 0 Å². The molecular weight excluding hydrogens is 296 g/mol. The Morgan fingerprint density at radius 2 is 1.00 bits per heavy atom. The van der Waals surface area contributed by atoms with Gasteiger partial charge in [-0.15, -0.1) is 11.3 Å². The van der Waals surface area contributed by atoms with Crippen molar-refractivity contribution in [3.8, 4) is 32.7 Å². The number of hydrogen-bond acceptors (Lipinski definition) is 1. The van der Waals surface area contributed by atoms with Crippen molar-refractivity contribution in [3.05, 3.63) is 96.4 Å². The summed E-state index contributed by atoms with van der Waals surface area (Å²) in [6.07, 6.45) is 0. The largest absolute Gasteiger partial charge is 0.144 e. The number of thiophene rings is 1. The first-order valence-electron chi connectivity index (χ1n) is 7.70. The van der Waals surface area contributed by atoms with Crippen molar-refractivity contribution in [2.75, 3.05) is 0 Å². The van der Waals surface area contributed by atoms with Gasteiger partial charge in [-0.2, -0.15) is 0 Å². The highest BCUT2D eigenvalue weighted by Crippen LogP contribution is 2.33. The van der Waals surface area contributed by atoms with E-state index in [1.807, 2.05) is 0 Å². The quantitative estimate of drug-likeness (QED) is 0.392. The smallest absolute Gasteiger partial charge is 0.0342 e. The molecule has 4 aromatic rings. The minimum absolute atomic E-state index is 1.25. The van der Waals surface area contributed by atoms with E-state index in [9.17, 15) is 0 Å². The van der Waals surface area contributed by atoms with Gasteiger partial charge in [-0.1, -0.05) is 84.9 Å². The molecule has 0 N–H and O–H groups in total. The molecule has 1 aromatic heterocycles. The Bertz CT molecular complexity index is 888. The molecule has 23 heavy (non-hydrogen) atoms. The van der Waals surface area contributed by atoms with Gasteiger partial charge >= 0.3 is 0 Å². The summed E-state index contributed by atoms with van der Waals surface area (Å²) in [7, 11) is 0. The molecule has 4 rings (SSSR count). The lowest BCUT2D eigenvalue weighted by molar-refractivity contribution is 1.58. The maximum atomic E-state index is 2.22. The average molecular weight is 312 g/mol. The predicted octanol–water partition coefficient (Wildman–Crippen LogP) is 6.75. The summed E-state index contributed by atoms with van der Waals surface area (Å²) in [5.41, 5.74) is 6.34. The molecule has 0 atom stereocenters. The predicted molar refractivity (Wildman–Crippen MR) is 101 cm³/mol. The van der Waals surface area contributed by atoms with Gasteiger partial charge in [-0.3, -0.25) is 0 Å². The van der Waals surface area contributed by atoms with E-state index in [0.29, 0.717) is 0 Å². The van der Waals surface area contributed by atoms with Gasteiger partial charge in [0.1, 0.15) is 0 Å². The fourth-order valence-electron chi connectivity index (χ4n) is 2.86. The zero-order chi connectivity index (χ0) is 15.5. The Labute approximate surface area is 140 Å². The van der Waals surface area contributed by atoms with Crippen molar-refractivity contribution in [1.82, 2.24) is 0 Å². The Balaban J connectivity index is 1.77. The molecule has 1 heterocycles. The maximum absolute atomic E-state index is 2.22. The Morgan fingerprint density at radius 1 is 0.435 bits per heavy atom. The van der Waals surface area contributed by atoms with Gasteiger partial charge < -0.3 is 0 Å². The van der Waals surface area contributed by atoms with Gasteiger partial charge in [0.05, 0.1) is 0 Å². The summed E-state index contributed by atoms with van der Waals surface area (Å²) in [4.78, 5) is 1.31. The summed E-state index contributed by atoms with van der Waals surface area (Å²) >= 11 is 1.78. The van der Waals surface area contributed by atoms with Crippen LogP contribution < -0.4 is 0 Å². The van der Waals surface area contributed by atoms with E-state index in [2.05, 4.69) is 96.4 Å². The fourth-order valence-corrected chi connectivity index (χ4v) is 3.59. The molecule has 0 aliphatic heterocycles. The second-order valence-electron chi connectivity index (χ2n) is 5.47. The van der Waals surface area contributed by atoms with E-state index < -0.39 is 0 Å². The molecule has 0 aliphatic carbocycles. The molecule has 0 radical (unpaired) electrons. The third-order valence-corrected chi connectivity index (χ3v) is 4.93. The molecule has 0 saturated carbocycles. The van der Waals surface area contributed by atoms with Crippen molar-refractivity contribution in [3.63, 3.8) is 0 Å². The highest BCUT2D eigenvalue weighted by atomic mass is 32.1. The zero-order valence-corrected chi connectivity index (χ0v) is 13.5. The Hall–Kier alpha value is -2.64. The molecule has 0 spiro atoms. The molecule has 0 fully saturated rings. The van der Waals surface area contributed by atoms with Crippen molar-refractivity contribution in [1.29, 1.82) is 0 Å². The highest BCUT2D eigenvalue weighted by Gasteiger charge is 2.07. The van der Waals surface area contributed by atoms with Crippen molar-refractivity contribution < 1.29 is 0 Å². The number of benzene rings is 3. The Morgan fingerprint density at radius 3 is 1.61 bits per heavy atom. The summed E-state index contributed by atoms with van der Waals surface area (Å²) < 4.78 is 0. The molecule has 0 saturated heterocycles. The number of rotatable bonds is 3. The van der Waals surface area contributed by atoms with E-state index in [4.69, 9.17) is 0 Å². The van der Waals surface area contributed by atoms with Crippen LogP contribution in [0, 0.1) is 0 Å². The lowest BCUT2D eigenvalue weighted by atomic mass is 9.94. The van der Waals surface area contributed by atoms with Gasteiger partial charge in [-0.05, 0) is 39.3 Å². The van der Waals surface area contributed by atoms with E-state index in [1.54, 1.807) is 11.3 Å². The highest BCUT2D eigenvalue weighted by molar-refractivity contribution is 7.13. The number of hydrogen-bond donors (Lipinski definition) is 0. The first-order valence-corrected chi connectivity index (χ1v) is 8.58. The van der Waals surface area contributed by atoms with Gasteiger partial charge in [-0.25, -0.2) is 0 Å². The van der Waals surface area contributed by atoms with E-state index in [0.717, 1.165) is 0 Å². The monoisotopic (exact) mass is 312 g/mol. The van der Waals surface area contributed by atoms with Crippen LogP contribution in [0.2, 0.25) is 0 Å². The summed E-state index contributed by atoms with van der Waals surface area (Å²) in [6, 6.07) is 32.3. The normalized spacial score (nSPS) is 10.6. The Kier molecular flexibility index (Phi) is 3.79. The molecule has 0 bridgehead atoms. The van der Waals surface area contributed by atoms with E-state index in [-0.39, 0.29) is 0 Å². The third kappa shape index (κ3) is 2.84. The van der Waals surface area contributed by atoms with Crippen LogP contribution >= 0.6 is 11.3 Å². The molecular formula is C22H16S. The topological polar surface area (TPSA) is 0 Å². The van der Waals surface area contributed by atoms with Crippen molar-refractivity contribution >= 4 is 11.3 Å². The van der Waals surface area contributed by atoms with Crippen LogP contribution in [0.5, 0.6) is 0 Å². The molecule has 0 amide bonds. The van der Waals surface area contributed by atoms with Crippen LogP contribution in [-0.2, 0) is 0 Å². The minimum atomic E-state index is 1.25. The van der Waals surface area contributed by atoms with Crippen LogP contribution in [0.25, 0.3) is 32.7 Å². The molecule has 3 aromatic carbocycles. The van der Waals surface area contributed by atoms with Crippen molar-refractivity contribution in [2.24, 2.45) is 0 Å². The molecule has 0 aliphatic rings. The standard InChI is InChI=1S/C22H16S/c1-2-7-17(8-3-1)20-9-4-5-10-21(20)18-12-14-19(15-13-18)22-11-6-16-23-22/h1-16H. The molecule has 0 nitrogen and oxygen atoms in total. The van der Waals surface area contributed by atoms with E-state index in [1.165, 1.54) is 32.7 Å². The third-order valence-electron chi connectivity index (χ3n) is 4.01. The van der Waals surface area contributed by atoms with Crippen LogP contribution in [0.4, 0.5) is 0 Å². The fraction of sp³-hybridized carbons (Fsp3) is 0. The summed E-state index contributed by atoms with van der Waals surface area (Å²) in [5.74, 6) is 0. The maximum Gasteiger partial charge on any atom is 0.0342 e. The van der Waals surface area contributed by atoms with Crippen LogP contribution in [0.1, 0.15) is 0 Å². The van der Waals surface area contributed by atoms with Crippen LogP contribution in [0.3, 0.4) is 0 Å². The first-order chi connectivity index (χ1) is 11.4.